The summed E-state index contributed by atoms with van der Waals surface area (Å²) in [6, 6.07) is 11.7. The van der Waals surface area contributed by atoms with Gasteiger partial charge in [-0.05, 0) is 37.1 Å². The van der Waals surface area contributed by atoms with E-state index < -0.39 is 0 Å². The van der Waals surface area contributed by atoms with Crippen LogP contribution in [-0.2, 0) is 0 Å². The van der Waals surface area contributed by atoms with Gasteiger partial charge in [-0.15, -0.1) is 0 Å². The van der Waals surface area contributed by atoms with Gasteiger partial charge in [-0.1, -0.05) is 0 Å². The minimum absolute atomic E-state index is 0.445. The summed E-state index contributed by atoms with van der Waals surface area (Å²) >= 11 is 0. The zero-order valence-corrected chi connectivity index (χ0v) is 18.3. The zero-order chi connectivity index (χ0) is 22.2. The first-order valence-corrected chi connectivity index (χ1v) is 10.8. The average molecular weight is 431 g/mol. The molecule has 164 valence electrons. The van der Waals surface area contributed by atoms with Gasteiger partial charge in [-0.3, -0.25) is 0 Å². The predicted molar refractivity (Wildman–Crippen MR) is 125 cm³/mol. The van der Waals surface area contributed by atoms with Gasteiger partial charge in [0, 0.05) is 49.2 Å². The van der Waals surface area contributed by atoms with Gasteiger partial charge in [-0.25, -0.2) is 9.97 Å². The van der Waals surface area contributed by atoms with E-state index in [1.807, 2.05) is 24.3 Å². The summed E-state index contributed by atoms with van der Waals surface area (Å²) in [5, 5.41) is 10.5. The molecule has 1 saturated carbocycles. The molecular formula is C24H26N6O2. The molecule has 0 radical (unpaired) electrons. The number of ether oxygens (including phenoxy) is 2. The first-order valence-electron chi connectivity index (χ1n) is 10.8. The normalized spacial score (nSPS) is 16.2. The first kappa shape index (κ1) is 20.2. The minimum atomic E-state index is 0.445. The van der Waals surface area contributed by atoms with Crippen molar-refractivity contribution in [2.24, 2.45) is 0 Å². The van der Waals surface area contributed by atoms with Crippen LogP contribution < -0.4 is 25.0 Å². The van der Waals surface area contributed by atoms with Crippen LogP contribution >= 0.6 is 0 Å². The fourth-order valence-corrected chi connectivity index (χ4v) is 4.30. The second-order valence-corrected chi connectivity index (χ2v) is 8.27. The molecule has 0 bridgehead atoms. The van der Waals surface area contributed by atoms with Crippen molar-refractivity contribution in [1.29, 1.82) is 5.26 Å². The summed E-state index contributed by atoms with van der Waals surface area (Å²) < 4.78 is 11.0. The second kappa shape index (κ2) is 8.08. The smallest absolute Gasteiger partial charge is 0.162 e. The number of methoxy groups -OCH3 is 2. The van der Waals surface area contributed by atoms with Crippen molar-refractivity contribution < 1.29 is 9.47 Å². The highest BCUT2D eigenvalue weighted by Gasteiger charge is 2.30. The number of nitriles is 1. The van der Waals surface area contributed by atoms with Gasteiger partial charge in [0.2, 0.25) is 0 Å². The Morgan fingerprint density at radius 1 is 0.969 bits per heavy atom. The zero-order valence-electron chi connectivity index (χ0n) is 18.3. The Morgan fingerprint density at radius 2 is 1.66 bits per heavy atom. The Morgan fingerprint density at radius 3 is 2.31 bits per heavy atom. The number of hydrogen-bond donors (Lipinski definition) is 1. The van der Waals surface area contributed by atoms with E-state index in [0.29, 0.717) is 28.7 Å². The standard InChI is InChI=1S/C24H26N6O2/c1-31-21-12-18-19(13-22(21)32-2)27-23(15-3-4-15)28-24(18)30-9-7-29(8-10-30)20-6-5-17(26)11-16(20)14-25/h5-6,11-13,15H,3-4,7-10,26H2,1-2H3. The molecule has 8 nitrogen and oxygen atoms in total. The Hall–Kier alpha value is -3.73. The number of nitrogens with zero attached hydrogens (tertiary/aromatic N) is 5. The van der Waals surface area contributed by atoms with E-state index in [9.17, 15) is 5.26 Å². The van der Waals surface area contributed by atoms with Crippen molar-refractivity contribution in [2.75, 3.05) is 55.9 Å². The van der Waals surface area contributed by atoms with Gasteiger partial charge in [-0.2, -0.15) is 5.26 Å². The molecule has 2 aliphatic rings. The lowest BCUT2D eigenvalue weighted by molar-refractivity contribution is 0.355. The molecule has 2 N–H and O–H groups in total. The van der Waals surface area contributed by atoms with Crippen molar-refractivity contribution in [3.8, 4) is 17.6 Å². The maximum atomic E-state index is 9.52. The highest BCUT2D eigenvalue weighted by molar-refractivity contribution is 5.92. The third-order valence-electron chi connectivity index (χ3n) is 6.20. The summed E-state index contributed by atoms with van der Waals surface area (Å²) in [6.07, 6.45) is 2.28. The molecule has 0 amide bonds. The van der Waals surface area contributed by atoms with Gasteiger partial charge in [0.05, 0.1) is 31.0 Å². The number of benzene rings is 2. The van der Waals surface area contributed by atoms with Gasteiger partial charge < -0.3 is 25.0 Å². The number of rotatable bonds is 5. The second-order valence-electron chi connectivity index (χ2n) is 8.27. The molecule has 1 aliphatic carbocycles. The van der Waals surface area contributed by atoms with Crippen LogP contribution in [-0.4, -0.2) is 50.4 Å². The molecule has 2 fully saturated rings. The number of fused-ring (bicyclic) bond motifs is 1. The van der Waals surface area contributed by atoms with Crippen LogP contribution in [0.15, 0.2) is 30.3 Å². The van der Waals surface area contributed by atoms with Gasteiger partial charge in [0.1, 0.15) is 17.7 Å². The molecule has 32 heavy (non-hydrogen) atoms. The molecule has 2 heterocycles. The molecule has 1 aromatic heterocycles. The quantitative estimate of drug-likeness (QED) is 0.616. The van der Waals surface area contributed by atoms with Crippen LogP contribution in [0.4, 0.5) is 17.2 Å². The summed E-state index contributed by atoms with van der Waals surface area (Å²) in [4.78, 5) is 14.4. The topological polar surface area (TPSA) is 101 Å². The number of piperazine rings is 1. The van der Waals surface area contributed by atoms with Crippen molar-refractivity contribution in [3.05, 3.63) is 41.7 Å². The van der Waals surface area contributed by atoms with Crippen molar-refractivity contribution in [2.45, 2.75) is 18.8 Å². The number of nitrogens with two attached hydrogens (primary N) is 1. The van der Waals surface area contributed by atoms with Gasteiger partial charge in [0.25, 0.3) is 0 Å². The summed E-state index contributed by atoms with van der Waals surface area (Å²) in [6.45, 7) is 3.16. The summed E-state index contributed by atoms with van der Waals surface area (Å²) in [5.74, 6) is 3.63. The van der Waals surface area contributed by atoms with E-state index in [1.165, 1.54) is 0 Å². The van der Waals surface area contributed by atoms with Crippen LogP contribution in [0.25, 0.3) is 10.9 Å². The molecule has 0 spiro atoms. The van der Waals surface area contributed by atoms with Gasteiger partial charge >= 0.3 is 0 Å². The monoisotopic (exact) mass is 430 g/mol. The van der Waals surface area contributed by atoms with Crippen molar-refractivity contribution in [1.82, 2.24) is 9.97 Å². The Bertz CT molecular complexity index is 1210. The van der Waals surface area contributed by atoms with Crippen molar-refractivity contribution >= 4 is 28.1 Å². The number of aromatic nitrogens is 2. The SMILES string of the molecule is COc1cc2nc(C3CC3)nc(N3CCN(c4ccc(N)cc4C#N)CC3)c2cc1OC. The minimum Gasteiger partial charge on any atom is -0.493 e. The van der Waals surface area contributed by atoms with E-state index in [2.05, 4.69) is 15.9 Å². The van der Waals surface area contributed by atoms with E-state index in [0.717, 1.165) is 67.3 Å². The van der Waals surface area contributed by atoms with Crippen LogP contribution in [0.3, 0.4) is 0 Å². The Balaban J connectivity index is 1.48. The molecule has 3 aromatic rings. The third-order valence-corrected chi connectivity index (χ3v) is 6.20. The average Bonchev–Trinajstić information content (AvgIpc) is 3.68. The lowest BCUT2D eigenvalue weighted by Crippen LogP contribution is -2.47. The molecule has 2 aromatic carbocycles. The van der Waals surface area contributed by atoms with E-state index in [-0.39, 0.29) is 0 Å². The van der Waals surface area contributed by atoms with E-state index >= 15 is 0 Å². The van der Waals surface area contributed by atoms with Crippen LogP contribution in [0.5, 0.6) is 11.5 Å². The summed E-state index contributed by atoms with van der Waals surface area (Å²) in [5.41, 5.74) is 8.88. The third kappa shape index (κ3) is 3.60. The highest BCUT2D eigenvalue weighted by Crippen LogP contribution is 2.42. The molecular weight excluding hydrogens is 404 g/mol. The van der Waals surface area contributed by atoms with Crippen LogP contribution in [0.1, 0.15) is 30.1 Å². The molecule has 1 aliphatic heterocycles. The predicted octanol–water partition coefficient (Wildman–Crippen LogP) is 3.30. The lowest BCUT2D eigenvalue weighted by atomic mass is 10.1. The maximum Gasteiger partial charge on any atom is 0.162 e. The van der Waals surface area contributed by atoms with Crippen LogP contribution in [0.2, 0.25) is 0 Å². The van der Waals surface area contributed by atoms with E-state index in [1.54, 1.807) is 20.3 Å². The molecule has 5 rings (SSSR count). The van der Waals surface area contributed by atoms with Gasteiger partial charge in [0.15, 0.2) is 11.5 Å². The number of anilines is 3. The highest BCUT2D eigenvalue weighted by atomic mass is 16.5. The maximum absolute atomic E-state index is 9.52. The van der Waals surface area contributed by atoms with Crippen molar-refractivity contribution in [3.63, 3.8) is 0 Å². The Kier molecular flexibility index (Phi) is 5.10. The van der Waals surface area contributed by atoms with E-state index in [4.69, 9.17) is 25.2 Å². The van der Waals surface area contributed by atoms with Crippen LogP contribution in [0, 0.1) is 11.3 Å². The number of hydrogen-bond acceptors (Lipinski definition) is 8. The first-order chi connectivity index (χ1) is 15.6. The number of nitrogen functional groups attached to an aromatic ring is 1. The molecule has 0 atom stereocenters. The summed E-state index contributed by atoms with van der Waals surface area (Å²) in [7, 11) is 3.28. The lowest BCUT2D eigenvalue weighted by Gasteiger charge is -2.37. The molecule has 1 saturated heterocycles. The molecule has 8 heteroatoms. The fraction of sp³-hybridized carbons (Fsp3) is 0.375. The Labute approximate surface area is 187 Å². The fourth-order valence-electron chi connectivity index (χ4n) is 4.30. The molecule has 0 unspecified atom stereocenters. The largest absolute Gasteiger partial charge is 0.493 e.